The zero-order valence-corrected chi connectivity index (χ0v) is 11.4. The van der Waals surface area contributed by atoms with Gasteiger partial charge < -0.3 is 20.7 Å². The van der Waals surface area contributed by atoms with Gasteiger partial charge in [0.2, 0.25) is 0 Å². The summed E-state index contributed by atoms with van der Waals surface area (Å²) < 4.78 is 5.12. The summed E-state index contributed by atoms with van der Waals surface area (Å²) in [6.45, 7) is 4.05. The van der Waals surface area contributed by atoms with Gasteiger partial charge in [0, 0.05) is 17.8 Å². The standard InChI is InChI=1S/C14H21N3O2/c1-10(11-6-7-15-9-11)16-14(18)17-12-4-3-5-13(8-12)19-2/h3-5,8,10-11,15H,6-7,9H2,1-2H3,(H2,16,17,18). The molecule has 5 nitrogen and oxygen atoms in total. The van der Waals surface area contributed by atoms with Crippen molar-refractivity contribution in [2.45, 2.75) is 19.4 Å². The summed E-state index contributed by atoms with van der Waals surface area (Å²) in [5.41, 5.74) is 0.730. The van der Waals surface area contributed by atoms with Crippen molar-refractivity contribution >= 4 is 11.7 Å². The lowest BCUT2D eigenvalue weighted by molar-refractivity contribution is 0.245. The lowest BCUT2D eigenvalue weighted by Gasteiger charge is -2.20. The van der Waals surface area contributed by atoms with Crippen molar-refractivity contribution in [1.29, 1.82) is 0 Å². The van der Waals surface area contributed by atoms with Crippen molar-refractivity contribution in [3.8, 4) is 5.75 Å². The molecule has 1 aromatic rings. The van der Waals surface area contributed by atoms with E-state index in [0.29, 0.717) is 5.92 Å². The maximum atomic E-state index is 11.9. The van der Waals surface area contributed by atoms with Gasteiger partial charge in [0.25, 0.3) is 0 Å². The van der Waals surface area contributed by atoms with Gasteiger partial charge in [-0.05, 0) is 44.5 Å². The Morgan fingerprint density at radius 1 is 1.53 bits per heavy atom. The number of rotatable bonds is 4. The van der Waals surface area contributed by atoms with Gasteiger partial charge in [0.15, 0.2) is 0 Å². The monoisotopic (exact) mass is 263 g/mol. The molecule has 3 N–H and O–H groups in total. The first-order chi connectivity index (χ1) is 9.19. The van der Waals surface area contributed by atoms with Crippen LogP contribution in [-0.4, -0.2) is 32.3 Å². The molecule has 2 atom stereocenters. The van der Waals surface area contributed by atoms with Crippen molar-refractivity contribution in [2.75, 3.05) is 25.5 Å². The summed E-state index contributed by atoms with van der Waals surface area (Å²) >= 11 is 0. The second-order valence-electron chi connectivity index (χ2n) is 4.87. The molecule has 0 radical (unpaired) electrons. The van der Waals surface area contributed by atoms with E-state index in [0.717, 1.165) is 30.9 Å². The molecule has 0 saturated carbocycles. The number of hydrogen-bond donors (Lipinski definition) is 3. The van der Waals surface area contributed by atoms with E-state index in [2.05, 4.69) is 16.0 Å². The highest BCUT2D eigenvalue weighted by Gasteiger charge is 2.22. The first-order valence-electron chi connectivity index (χ1n) is 6.61. The van der Waals surface area contributed by atoms with Crippen LogP contribution in [0.25, 0.3) is 0 Å². The molecule has 1 aliphatic rings. The molecule has 0 bridgehead atoms. The molecular formula is C14H21N3O2. The number of carbonyl (C=O) groups excluding carboxylic acids is 1. The Balaban J connectivity index is 1.86. The van der Waals surface area contributed by atoms with Gasteiger partial charge in [-0.2, -0.15) is 0 Å². The number of benzene rings is 1. The fourth-order valence-corrected chi connectivity index (χ4v) is 2.30. The van der Waals surface area contributed by atoms with E-state index in [1.807, 2.05) is 25.1 Å². The third-order valence-corrected chi connectivity index (χ3v) is 3.49. The van der Waals surface area contributed by atoms with Crippen molar-refractivity contribution in [1.82, 2.24) is 10.6 Å². The maximum Gasteiger partial charge on any atom is 0.319 e. The number of ether oxygens (including phenoxy) is 1. The van der Waals surface area contributed by atoms with Crippen molar-refractivity contribution in [2.24, 2.45) is 5.92 Å². The van der Waals surface area contributed by atoms with Crippen LogP contribution < -0.4 is 20.7 Å². The van der Waals surface area contributed by atoms with E-state index in [9.17, 15) is 4.79 Å². The number of methoxy groups -OCH3 is 1. The van der Waals surface area contributed by atoms with E-state index in [1.54, 1.807) is 13.2 Å². The van der Waals surface area contributed by atoms with Crippen LogP contribution in [-0.2, 0) is 0 Å². The fraction of sp³-hybridized carbons (Fsp3) is 0.500. The second-order valence-corrected chi connectivity index (χ2v) is 4.87. The van der Waals surface area contributed by atoms with E-state index in [1.165, 1.54) is 0 Å². The van der Waals surface area contributed by atoms with Crippen LogP contribution in [0.4, 0.5) is 10.5 Å². The Hall–Kier alpha value is -1.75. The van der Waals surface area contributed by atoms with Gasteiger partial charge in [-0.3, -0.25) is 0 Å². The second kappa shape index (κ2) is 6.43. The number of hydrogen-bond acceptors (Lipinski definition) is 3. The number of amides is 2. The number of urea groups is 1. The van der Waals surface area contributed by atoms with Crippen molar-refractivity contribution < 1.29 is 9.53 Å². The molecule has 5 heteroatoms. The molecule has 19 heavy (non-hydrogen) atoms. The van der Waals surface area contributed by atoms with Crippen LogP contribution in [0.2, 0.25) is 0 Å². The molecule has 2 amide bonds. The maximum absolute atomic E-state index is 11.9. The lowest BCUT2D eigenvalue weighted by atomic mass is 10.0. The molecule has 1 saturated heterocycles. The van der Waals surface area contributed by atoms with Crippen LogP contribution in [0.3, 0.4) is 0 Å². The molecule has 2 unspecified atom stereocenters. The van der Waals surface area contributed by atoms with Crippen LogP contribution in [0.5, 0.6) is 5.75 Å². The molecule has 0 aliphatic carbocycles. The summed E-state index contributed by atoms with van der Waals surface area (Å²) in [6.07, 6.45) is 1.11. The van der Waals surface area contributed by atoms with E-state index in [4.69, 9.17) is 4.74 Å². The predicted octanol–water partition coefficient (Wildman–Crippen LogP) is 1.81. The first-order valence-corrected chi connectivity index (χ1v) is 6.61. The lowest BCUT2D eigenvalue weighted by Crippen LogP contribution is -2.41. The van der Waals surface area contributed by atoms with Crippen molar-refractivity contribution in [3.05, 3.63) is 24.3 Å². The summed E-state index contributed by atoms with van der Waals surface area (Å²) in [4.78, 5) is 11.9. The zero-order valence-electron chi connectivity index (χ0n) is 11.4. The molecule has 1 aliphatic heterocycles. The quantitative estimate of drug-likeness (QED) is 0.776. The predicted molar refractivity (Wildman–Crippen MR) is 75.6 cm³/mol. The Morgan fingerprint density at radius 2 is 2.37 bits per heavy atom. The molecule has 1 fully saturated rings. The van der Waals surface area contributed by atoms with Crippen LogP contribution >= 0.6 is 0 Å². The smallest absolute Gasteiger partial charge is 0.319 e. The fourth-order valence-electron chi connectivity index (χ4n) is 2.30. The third kappa shape index (κ3) is 3.86. The summed E-state index contributed by atoms with van der Waals surface area (Å²) in [7, 11) is 1.61. The minimum Gasteiger partial charge on any atom is -0.497 e. The summed E-state index contributed by atoms with van der Waals surface area (Å²) in [6, 6.07) is 7.31. The topological polar surface area (TPSA) is 62.4 Å². The van der Waals surface area contributed by atoms with Crippen LogP contribution in [0, 0.1) is 5.92 Å². The molecule has 1 aromatic carbocycles. The Labute approximate surface area is 113 Å². The average molecular weight is 263 g/mol. The molecule has 1 heterocycles. The van der Waals surface area contributed by atoms with E-state index >= 15 is 0 Å². The van der Waals surface area contributed by atoms with Gasteiger partial charge in [0.05, 0.1) is 7.11 Å². The van der Waals surface area contributed by atoms with Crippen LogP contribution in [0.15, 0.2) is 24.3 Å². The zero-order chi connectivity index (χ0) is 13.7. The minimum atomic E-state index is -0.173. The summed E-state index contributed by atoms with van der Waals surface area (Å²) in [5, 5.41) is 9.10. The van der Waals surface area contributed by atoms with Gasteiger partial charge in [-0.25, -0.2) is 4.79 Å². The number of nitrogens with one attached hydrogen (secondary N) is 3. The van der Waals surface area contributed by atoms with Gasteiger partial charge >= 0.3 is 6.03 Å². The molecular weight excluding hydrogens is 242 g/mol. The molecule has 2 rings (SSSR count). The van der Waals surface area contributed by atoms with Crippen LogP contribution in [0.1, 0.15) is 13.3 Å². The van der Waals surface area contributed by atoms with E-state index in [-0.39, 0.29) is 12.1 Å². The normalized spacial score (nSPS) is 19.8. The number of carbonyl (C=O) groups is 1. The van der Waals surface area contributed by atoms with Gasteiger partial charge in [-0.15, -0.1) is 0 Å². The largest absolute Gasteiger partial charge is 0.497 e. The Kier molecular flexibility index (Phi) is 4.63. The minimum absolute atomic E-state index is 0.167. The van der Waals surface area contributed by atoms with E-state index < -0.39 is 0 Å². The first kappa shape index (κ1) is 13.7. The van der Waals surface area contributed by atoms with Gasteiger partial charge in [-0.1, -0.05) is 6.07 Å². The Bertz CT molecular complexity index is 430. The Morgan fingerprint density at radius 3 is 3.05 bits per heavy atom. The average Bonchev–Trinajstić information content (AvgIpc) is 2.92. The highest BCUT2D eigenvalue weighted by Crippen LogP contribution is 2.17. The number of anilines is 1. The summed E-state index contributed by atoms with van der Waals surface area (Å²) in [5.74, 6) is 1.24. The third-order valence-electron chi connectivity index (χ3n) is 3.49. The molecule has 104 valence electrons. The molecule has 0 aromatic heterocycles. The highest BCUT2D eigenvalue weighted by molar-refractivity contribution is 5.89. The highest BCUT2D eigenvalue weighted by atomic mass is 16.5. The van der Waals surface area contributed by atoms with Gasteiger partial charge in [0.1, 0.15) is 5.75 Å². The molecule has 0 spiro atoms. The van der Waals surface area contributed by atoms with Crippen molar-refractivity contribution in [3.63, 3.8) is 0 Å². The SMILES string of the molecule is COc1cccc(NC(=O)NC(C)C2CCNC2)c1.